The Morgan fingerprint density at radius 1 is 0.491 bits per heavy atom. The lowest BCUT2D eigenvalue weighted by molar-refractivity contribution is -0.267. The van der Waals surface area contributed by atoms with E-state index in [-0.39, 0.29) is 73.1 Å². The van der Waals surface area contributed by atoms with E-state index in [4.69, 9.17) is 37.9 Å². The largest absolute Gasteiger partial charge is 0.456 e. The first-order valence-electron chi connectivity index (χ1n) is 39.5. The molecule has 6 aliphatic rings. The Balaban J connectivity index is 0.000000249. The summed E-state index contributed by atoms with van der Waals surface area (Å²) in [5.41, 5.74) is 2.66. The summed E-state index contributed by atoms with van der Waals surface area (Å²) in [6.07, 6.45) is -0.410. The van der Waals surface area contributed by atoms with Crippen LogP contribution in [0.2, 0.25) is 0 Å². The van der Waals surface area contributed by atoms with Crippen LogP contribution in [0.15, 0.2) is 73.1 Å². The molecular formula is C84H120F2N6O16. The van der Waals surface area contributed by atoms with E-state index in [0.717, 1.165) is 59.6 Å². The first-order chi connectivity index (χ1) is 50.8. The summed E-state index contributed by atoms with van der Waals surface area (Å²) in [4.78, 5) is 120. The van der Waals surface area contributed by atoms with Crippen LogP contribution in [0.5, 0.6) is 0 Å². The molecule has 0 bridgehead atoms. The normalized spacial score (nSPS) is 36.7. The zero-order valence-corrected chi connectivity index (χ0v) is 67.2. The van der Waals surface area contributed by atoms with E-state index in [9.17, 15) is 38.4 Å². The van der Waals surface area contributed by atoms with Gasteiger partial charge in [-0.2, -0.15) is 0 Å². The Bertz CT molecular complexity index is 3600. The van der Waals surface area contributed by atoms with Crippen LogP contribution in [0.25, 0.3) is 21.8 Å². The monoisotopic (exact) mass is 1510 g/mol. The van der Waals surface area contributed by atoms with Gasteiger partial charge in [0.05, 0.1) is 35.4 Å². The number of nitrogens with one attached hydrogen (secondary N) is 2. The highest BCUT2D eigenvalue weighted by Crippen LogP contribution is 2.46. The zero-order chi connectivity index (χ0) is 79.4. The fraction of sp³-hybridized carbons (Fsp3) is 0.690. The van der Waals surface area contributed by atoms with Crippen molar-refractivity contribution in [3.05, 3.63) is 84.2 Å². The molecule has 10 rings (SSSR count). The summed E-state index contributed by atoms with van der Waals surface area (Å²) in [6.45, 7) is 36.2. The minimum absolute atomic E-state index is 0.0159. The van der Waals surface area contributed by atoms with Gasteiger partial charge in [-0.05, 0) is 150 Å². The molecule has 0 aliphatic carbocycles. The molecule has 22 nitrogen and oxygen atoms in total. The van der Waals surface area contributed by atoms with Crippen molar-refractivity contribution in [1.82, 2.24) is 30.8 Å². The van der Waals surface area contributed by atoms with E-state index in [2.05, 4.69) is 34.7 Å². The van der Waals surface area contributed by atoms with Crippen molar-refractivity contribution < 1.29 is 85.0 Å². The van der Waals surface area contributed by atoms with Crippen LogP contribution in [0, 0.1) is 70.0 Å². The number of cyclic esters (lactones) is 2. The van der Waals surface area contributed by atoms with E-state index in [1.807, 2.05) is 130 Å². The topological polar surface area (TPSA) is 267 Å². The first kappa shape index (κ1) is 85.0. The number of carbonyl (C=O) groups excluding carboxylic acids is 8. The summed E-state index contributed by atoms with van der Waals surface area (Å²) < 4.78 is 82.3. The number of carbonyl (C=O) groups is 8. The van der Waals surface area contributed by atoms with Crippen molar-refractivity contribution in [3.8, 4) is 0 Å². The quantitative estimate of drug-likeness (QED) is 0.0457. The van der Waals surface area contributed by atoms with Crippen molar-refractivity contribution in [2.45, 2.75) is 288 Å². The molecule has 24 atom stereocenters. The minimum atomic E-state index is -3.03. The highest BCUT2D eigenvalue weighted by Gasteiger charge is 2.59. The van der Waals surface area contributed by atoms with E-state index >= 15 is 8.78 Å². The Morgan fingerprint density at radius 2 is 0.843 bits per heavy atom. The number of hydrazine groups is 2. The lowest BCUT2D eigenvalue weighted by Crippen LogP contribution is -2.57. The number of amides is 2. The fourth-order valence-electron chi connectivity index (χ4n) is 17.9. The lowest BCUT2D eigenvalue weighted by atomic mass is 9.69. The lowest BCUT2D eigenvalue weighted by Gasteiger charge is -2.46. The second-order valence-electron chi connectivity index (χ2n) is 33.9. The Labute approximate surface area is 636 Å². The van der Waals surface area contributed by atoms with Gasteiger partial charge in [0.15, 0.2) is 36.4 Å². The number of aromatic nitrogens is 2. The number of ketones is 4. The molecule has 24 heteroatoms. The van der Waals surface area contributed by atoms with Gasteiger partial charge in [-0.25, -0.2) is 48.8 Å². The molecule has 6 aliphatic heterocycles. The molecule has 596 valence electrons. The van der Waals surface area contributed by atoms with E-state index in [1.54, 1.807) is 53.9 Å². The van der Waals surface area contributed by atoms with Crippen LogP contribution in [0.1, 0.15) is 201 Å². The summed E-state index contributed by atoms with van der Waals surface area (Å²) >= 11 is 0. The molecule has 2 amide bonds. The molecule has 2 unspecified atom stereocenters. The van der Waals surface area contributed by atoms with Gasteiger partial charge >= 0.3 is 24.1 Å². The third-order valence-electron chi connectivity index (χ3n) is 24.4. The number of para-hydroxylation sites is 2. The number of benzene rings is 2. The first-order valence-corrected chi connectivity index (χ1v) is 39.5. The predicted octanol–water partition coefficient (Wildman–Crippen LogP) is 14.4. The maximum Gasteiger partial charge on any atom is 0.425 e. The number of fused-ring (bicyclic) bond motifs is 4. The number of ether oxygens (including phenoxy) is 8. The standard InChI is InChI=1S/2C42H60FN3O8/c2*1-11-32-35-33(46(40(50)53-35)45-19-14-15-29-18-20-44-31-17-13-12-16-30(29)31)27(6)34(47)24(3)22-41(8,9)37(28(7)36(48)42(10,43)39(49)52-32)54-38-26(5)23(2)21-25(4)51-38/h2*12-13,16-18,20,23-28,32-33,35,37-38,45H,11,14-15,19,21-22H2,1-10H3/t2*23-,24+,25+,26+,27+,28-,32+,33+,35?,37+,38-,42-/m00/s1. The molecule has 6 fully saturated rings. The van der Waals surface area contributed by atoms with Crippen LogP contribution in [-0.4, -0.2) is 165 Å². The number of pyridine rings is 2. The molecule has 2 aromatic carbocycles. The number of nitrogens with zero attached hydrogens (tertiary/aromatic N) is 4. The van der Waals surface area contributed by atoms with Gasteiger partial charge in [-0.3, -0.25) is 29.1 Å². The highest BCUT2D eigenvalue weighted by molar-refractivity contribution is 6.08. The number of rotatable bonds is 16. The number of hydrogen-bond acceptors (Lipinski definition) is 20. The minimum Gasteiger partial charge on any atom is -0.456 e. The molecule has 0 spiro atoms. The van der Waals surface area contributed by atoms with Crippen molar-refractivity contribution in [1.29, 1.82) is 0 Å². The number of alkyl halides is 2. The summed E-state index contributed by atoms with van der Waals surface area (Å²) in [5, 5.41) is 4.77. The van der Waals surface area contributed by atoms with Gasteiger partial charge in [-0.1, -0.05) is 147 Å². The van der Waals surface area contributed by atoms with Crippen molar-refractivity contribution in [3.63, 3.8) is 0 Å². The van der Waals surface area contributed by atoms with E-state index in [0.29, 0.717) is 38.8 Å². The van der Waals surface area contributed by atoms with Crippen molar-refractivity contribution in [2.24, 2.45) is 70.0 Å². The van der Waals surface area contributed by atoms with Gasteiger partial charge in [0.1, 0.15) is 35.9 Å². The number of Topliss-reactive ketones (excluding diaryl/α,β-unsaturated/α-hetero) is 4. The van der Waals surface area contributed by atoms with Crippen LogP contribution in [0.4, 0.5) is 18.4 Å². The van der Waals surface area contributed by atoms with E-state index in [1.165, 1.54) is 10.0 Å². The van der Waals surface area contributed by atoms with E-state index < -0.39 is 155 Å². The van der Waals surface area contributed by atoms with Crippen LogP contribution in [0.3, 0.4) is 0 Å². The second kappa shape index (κ2) is 35.2. The van der Waals surface area contributed by atoms with Gasteiger partial charge in [0.2, 0.25) is 0 Å². The summed E-state index contributed by atoms with van der Waals surface area (Å²) in [5.74, 6) is -9.28. The van der Waals surface area contributed by atoms with Gasteiger partial charge < -0.3 is 37.9 Å². The molecule has 8 heterocycles. The maximum absolute atomic E-state index is 16.6. The molecule has 2 N–H and O–H groups in total. The average molecular weight is 1510 g/mol. The third-order valence-corrected chi connectivity index (χ3v) is 24.4. The second-order valence-corrected chi connectivity index (χ2v) is 33.9. The maximum atomic E-state index is 16.6. The molecule has 4 aromatic rings. The number of esters is 2. The van der Waals surface area contributed by atoms with Crippen molar-refractivity contribution >= 4 is 69.1 Å². The number of aryl methyl sites for hydroxylation is 2. The Morgan fingerprint density at radius 3 is 1.19 bits per heavy atom. The molecule has 0 radical (unpaired) electrons. The third kappa shape index (κ3) is 18.5. The number of halogens is 2. The Hall–Kier alpha value is -6.96. The average Bonchev–Trinajstić information content (AvgIpc) is 1.51. The summed E-state index contributed by atoms with van der Waals surface area (Å²) in [7, 11) is 0. The predicted molar refractivity (Wildman–Crippen MR) is 403 cm³/mol. The fourth-order valence-corrected chi connectivity index (χ4v) is 17.9. The zero-order valence-electron chi connectivity index (χ0n) is 67.2. The number of hydrogen-bond donors (Lipinski definition) is 2. The molecule has 108 heavy (non-hydrogen) atoms. The highest BCUT2D eigenvalue weighted by atomic mass is 19.1. The summed E-state index contributed by atoms with van der Waals surface area (Å²) in [6, 6.07) is 18.0. The van der Waals surface area contributed by atoms with Gasteiger partial charge in [0.25, 0.3) is 11.3 Å². The van der Waals surface area contributed by atoms with Crippen LogP contribution in [-0.2, 0) is 79.5 Å². The van der Waals surface area contributed by atoms with Crippen LogP contribution < -0.4 is 10.9 Å². The Kier molecular flexibility index (Phi) is 27.7. The molecule has 2 aromatic heterocycles. The SMILES string of the molecule is CC[C@H]1OC(=O)[C@@](C)(F)C(=O)[C@H](C)[C@@H](O[C@@H]2O[C@H](C)C[C@H](C)[C@H]2C)C(C)(C)C[C@@H](C)C(=O)[C@H](C)[C@@H]2C1OC(=O)N2NCCCc1ccnc2ccccc12.CC[C@H]1OC(=O)[C@@](C)(F)C(=O)[C@H](C)[C@@H](O[C@@H]2O[C@H](C)C[C@H](C)[C@H]2C)C(C)(C)C[C@@H](C)C(=O)[C@H](C)[C@@H]2C1OC(=O)N2NCCCc1ccnc2ccccc12. The molecular weight excluding hydrogens is 1390 g/mol. The van der Waals surface area contributed by atoms with Crippen LogP contribution >= 0.6 is 0 Å². The van der Waals surface area contributed by atoms with Gasteiger partial charge in [-0.15, -0.1) is 0 Å². The van der Waals surface area contributed by atoms with Gasteiger partial charge in [0, 0.05) is 83.6 Å². The molecule has 0 saturated carbocycles. The molecule has 6 saturated heterocycles. The smallest absolute Gasteiger partial charge is 0.425 e. The van der Waals surface area contributed by atoms with Crippen molar-refractivity contribution in [2.75, 3.05) is 13.1 Å².